The summed E-state index contributed by atoms with van der Waals surface area (Å²) >= 11 is 5.63. The zero-order valence-corrected chi connectivity index (χ0v) is 9.51. The molecule has 8 heteroatoms. The Hall–Kier alpha value is -1.34. The number of halogens is 2. The second-order valence-electron chi connectivity index (χ2n) is 2.61. The molecule has 0 saturated heterocycles. The van der Waals surface area contributed by atoms with Crippen molar-refractivity contribution in [2.75, 3.05) is 7.11 Å². The number of esters is 1. The number of ether oxygens (including phenoxy) is 1. The van der Waals surface area contributed by atoms with Gasteiger partial charge in [0.1, 0.15) is 5.75 Å². The Balaban J connectivity index is 3.05. The van der Waals surface area contributed by atoms with Crippen LogP contribution in [0.1, 0.15) is 10.4 Å². The molecule has 0 aromatic heterocycles. The first-order valence-electron chi connectivity index (χ1n) is 3.85. The maximum absolute atomic E-state index is 12.1. The summed E-state index contributed by atoms with van der Waals surface area (Å²) in [7, 11) is -3.95. The average Bonchev–Trinajstić information content (AvgIpc) is 2.14. The summed E-state index contributed by atoms with van der Waals surface area (Å²) in [6, 6.07) is 3.23. The molecule has 0 bridgehead atoms. The van der Waals surface area contributed by atoms with Crippen LogP contribution in [0.3, 0.4) is 0 Å². The normalized spacial score (nSPS) is 10.9. The monoisotopic (exact) mass is 268 g/mol. The number of hydrogen-bond acceptors (Lipinski definition) is 5. The lowest BCUT2D eigenvalue weighted by Crippen LogP contribution is -2.04. The van der Waals surface area contributed by atoms with Crippen molar-refractivity contribution in [2.24, 2.45) is 0 Å². The van der Waals surface area contributed by atoms with Crippen molar-refractivity contribution in [3.8, 4) is 5.75 Å². The second-order valence-corrected chi connectivity index (χ2v) is 3.97. The summed E-state index contributed by atoms with van der Waals surface area (Å²) in [5.41, 5.74) is 0.0211. The molecule has 0 amide bonds. The highest BCUT2D eigenvalue weighted by atomic mass is 35.5. The Morgan fingerprint density at radius 3 is 2.50 bits per heavy atom. The molecule has 0 N–H and O–H groups in total. The molecule has 0 unspecified atom stereocenters. The van der Waals surface area contributed by atoms with E-state index >= 15 is 0 Å². The lowest BCUT2D eigenvalue weighted by atomic mass is 10.2. The van der Waals surface area contributed by atoms with E-state index in [-0.39, 0.29) is 16.3 Å². The fraction of sp³-hybridized carbons (Fsp3) is 0.125. The largest absolute Gasteiger partial charge is 0.488 e. The molecule has 88 valence electrons. The summed E-state index contributed by atoms with van der Waals surface area (Å²) < 4.78 is 40.8. The molecule has 5 nitrogen and oxygen atoms in total. The van der Waals surface area contributed by atoms with Gasteiger partial charge in [0.2, 0.25) is 0 Å². The van der Waals surface area contributed by atoms with Gasteiger partial charge in [0.15, 0.2) is 0 Å². The van der Waals surface area contributed by atoms with Gasteiger partial charge in [-0.25, -0.2) is 4.79 Å². The van der Waals surface area contributed by atoms with Crippen molar-refractivity contribution >= 4 is 28.1 Å². The van der Waals surface area contributed by atoms with Crippen molar-refractivity contribution in [1.82, 2.24) is 0 Å². The first-order valence-corrected chi connectivity index (χ1v) is 5.54. The SMILES string of the molecule is COC(=O)c1ccc(OS(=O)(=O)F)cc1Cl. The molecule has 0 heterocycles. The Labute approximate surface area is 96.1 Å². The van der Waals surface area contributed by atoms with Gasteiger partial charge in [-0.3, -0.25) is 0 Å². The van der Waals surface area contributed by atoms with E-state index in [1.54, 1.807) is 0 Å². The second kappa shape index (κ2) is 4.67. The standard InChI is InChI=1S/C8H6ClFO5S/c1-14-8(11)6-3-2-5(4-7(6)9)15-16(10,12)13/h2-4H,1H3. The first-order chi connectivity index (χ1) is 7.33. The van der Waals surface area contributed by atoms with Crippen LogP contribution in [-0.2, 0) is 15.2 Å². The van der Waals surface area contributed by atoms with Gasteiger partial charge in [-0.2, -0.15) is 8.42 Å². The first kappa shape index (κ1) is 12.7. The molecule has 0 aliphatic heterocycles. The van der Waals surface area contributed by atoms with Gasteiger partial charge in [0, 0.05) is 6.07 Å². The Kier molecular flexibility index (Phi) is 3.71. The fourth-order valence-corrected chi connectivity index (χ4v) is 1.52. The minimum Gasteiger partial charge on any atom is -0.465 e. The molecule has 0 aliphatic carbocycles. The minimum atomic E-state index is -5.11. The maximum Gasteiger partial charge on any atom is 0.488 e. The van der Waals surface area contributed by atoms with Crippen LogP contribution in [0.15, 0.2) is 18.2 Å². The van der Waals surface area contributed by atoms with Crippen LogP contribution in [0.4, 0.5) is 3.89 Å². The highest BCUT2D eigenvalue weighted by Gasteiger charge is 2.14. The molecule has 0 saturated carbocycles. The molecule has 0 fully saturated rings. The molecule has 1 rings (SSSR count). The van der Waals surface area contributed by atoms with Gasteiger partial charge >= 0.3 is 16.5 Å². The quantitative estimate of drug-likeness (QED) is 0.617. The highest BCUT2D eigenvalue weighted by Crippen LogP contribution is 2.24. The highest BCUT2D eigenvalue weighted by molar-refractivity contribution is 7.81. The average molecular weight is 269 g/mol. The maximum atomic E-state index is 12.1. The number of hydrogen-bond donors (Lipinski definition) is 0. The predicted octanol–water partition coefficient (Wildman–Crippen LogP) is 1.72. The van der Waals surface area contributed by atoms with E-state index in [9.17, 15) is 17.1 Å². The van der Waals surface area contributed by atoms with Gasteiger partial charge in [-0.05, 0) is 12.1 Å². The van der Waals surface area contributed by atoms with Crippen LogP contribution >= 0.6 is 11.6 Å². The summed E-state index contributed by atoms with van der Waals surface area (Å²) in [6.45, 7) is 0. The molecular formula is C8H6ClFO5S. The molecule has 0 aliphatic rings. The lowest BCUT2D eigenvalue weighted by molar-refractivity contribution is 0.0601. The Bertz CT molecular complexity index is 513. The van der Waals surface area contributed by atoms with Crippen LogP contribution in [0.25, 0.3) is 0 Å². The third-order valence-electron chi connectivity index (χ3n) is 1.54. The van der Waals surface area contributed by atoms with Gasteiger partial charge in [-0.1, -0.05) is 15.5 Å². The van der Waals surface area contributed by atoms with Crippen LogP contribution < -0.4 is 4.18 Å². The molecule has 0 atom stereocenters. The number of carbonyl (C=O) groups excluding carboxylic acids is 1. The van der Waals surface area contributed by atoms with E-state index in [1.807, 2.05) is 0 Å². The number of benzene rings is 1. The predicted molar refractivity (Wildman–Crippen MR) is 53.4 cm³/mol. The third-order valence-corrected chi connectivity index (χ3v) is 2.25. The van der Waals surface area contributed by atoms with E-state index in [0.29, 0.717) is 0 Å². The molecule has 1 aromatic carbocycles. The van der Waals surface area contributed by atoms with E-state index in [2.05, 4.69) is 8.92 Å². The van der Waals surface area contributed by atoms with E-state index < -0.39 is 16.5 Å². The van der Waals surface area contributed by atoms with Gasteiger partial charge < -0.3 is 8.92 Å². The summed E-state index contributed by atoms with van der Waals surface area (Å²) in [6.07, 6.45) is 0. The molecule has 1 aromatic rings. The summed E-state index contributed by atoms with van der Waals surface area (Å²) in [5, 5.41) is -0.104. The smallest absolute Gasteiger partial charge is 0.465 e. The molecule has 16 heavy (non-hydrogen) atoms. The van der Waals surface area contributed by atoms with Gasteiger partial charge in [0.05, 0.1) is 17.7 Å². The van der Waals surface area contributed by atoms with Gasteiger partial charge in [-0.15, -0.1) is 0 Å². The Morgan fingerprint density at radius 1 is 1.44 bits per heavy atom. The van der Waals surface area contributed by atoms with E-state index in [0.717, 1.165) is 25.3 Å². The van der Waals surface area contributed by atoms with Crippen molar-refractivity contribution in [3.63, 3.8) is 0 Å². The van der Waals surface area contributed by atoms with Crippen molar-refractivity contribution < 1.29 is 26.0 Å². The molecular weight excluding hydrogens is 263 g/mol. The van der Waals surface area contributed by atoms with Crippen LogP contribution in [0.5, 0.6) is 5.75 Å². The summed E-state index contributed by atoms with van der Waals surface area (Å²) in [5.74, 6) is -1.03. The van der Waals surface area contributed by atoms with E-state index in [4.69, 9.17) is 11.6 Å². The lowest BCUT2D eigenvalue weighted by Gasteiger charge is -2.04. The van der Waals surface area contributed by atoms with Crippen LogP contribution in [-0.4, -0.2) is 21.5 Å². The molecule has 0 spiro atoms. The zero-order valence-electron chi connectivity index (χ0n) is 7.94. The van der Waals surface area contributed by atoms with Crippen molar-refractivity contribution in [2.45, 2.75) is 0 Å². The Morgan fingerprint density at radius 2 is 2.06 bits per heavy atom. The topological polar surface area (TPSA) is 69.7 Å². The number of carbonyl (C=O) groups is 1. The fourth-order valence-electron chi connectivity index (χ4n) is 0.938. The van der Waals surface area contributed by atoms with Crippen LogP contribution in [0, 0.1) is 0 Å². The van der Waals surface area contributed by atoms with E-state index in [1.165, 1.54) is 0 Å². The van der Waals surface area contributed by atoms with Crippen LogP contribution in [0.2, 0.25) is 5.02 Å². The minimum absolute atomic E-state index is 0.0211. The third kappa shape index (κ3) is 3.35. The van der Waals surface area contributed by atoms with Gasteiger partial charge in [0.25, 0.3) is 0 Å². The molecule has 0 radical (unpaired) electrons. The number of rotatable bonds is 3. The summed E-state index contributed by atoms with van der Waals surface area (Å²) in [4.78, 5) is 11.1. The zero-order chi connectivity index (χ0) is 12.3. The van der Waals surface area contributed by atoms with Crippen molar-refractivity contribution in [3.05, 3.63) is 28.8 Å². The number of methoxy groups -OCH3 is 1. The van der Waals surface area contributed by atoms with Crippen molar-refractivity contribution in [1.29, 1.82) is 0 Å².